The number of nitrogens with zero attached hydrogens (tertiary/aromatic N) is 4. The standard InChI is InChI=1S/C11H12N4O3S/c1-9-5-3-4-6-10(9)19(17,18)8-7-15-11(16)14(2)12-13-15/h3-8H,1-2H3/b8-7+. The van der Waals surface area contributed by atoms with Gasteiger partial charge in [0.05, 0.1) is 10.3 Å². The zero-order valence-electron chi connectivity index (χ0n) is 10.4. The predicted molar refractivity (Wildman–Crippen MR) is 69.0 cm³/mol. The van der Waals surface area contributed by atoms with Gasteiger partial charge in [0.2, 0.25) is 9.84 Å². The lowest BCUT2D eigenvalue weighted by molar-refractivity contribution is 0.604. The van der Waals surface area contributed by atoms with Gasteiger partial charge in [-0.2, -0.15) is 9.36 Å². The van der Waals surface area contributed by atoms with Crippen molar-refractivity contribution in [2.45, 2.75) is 11.8 Å². The minimum atomic E-state index is -3.61. The molecular formula is C11H12N4O3S. The van der Waals surface area contributed by atoms with Crippen LogP contribution in [0.25, 0.3) is 6.20 Å². The van der Waals surface area contributed by atoms with E-state index in [1.807, 2.05) is 0 Å². The Kier molecular flexibility index (Phi) is 3.34. The van der Waals surface area contributed by atoms with E-state index in [4.69, 9.17) is 0 Å². The van der Waals surface area contributed by atoms with Gasteiger partial charge in [-0.05, 0) is 29.0 Å². The average molecular weight is 280 g/mol. The highest BCUT2D eigenvalue weighted by Gasteiger charge is 2.13. The van der Waals surface area contributed by atoms with Crippen LogP contribution in [0.15, 0.2) is 39.4 Å². The first-order valence-electron chi connectivity index (χ1n) is 5.39. The lowest BCUT2D eigenvalue weighted by atomic mass is 10.2. The van der Waals surface area contributed by atoms with E-state index in [1.165, 1.54) is 13.1 Å². The molecule has 7 nitrogen and oxygen atoms in total. The lowest BCUT2D eigenvalue weighted by Crippen LogP contribution is -2.20. The predicted octanol–water partition coefficient (Wildman–Crippen LogP) is 0.187. The van der Waals surface area contributed by atoms with Gasteiger partial charge >= 0.3 is 5.69 Å². The summed E-state index contributed by atoms with van der Waals surface area (Å²) in [6.45, 7) is 1.70. The van der Waals surface area contributed by atoms with E-state index in [9.17, 15) is 13.2 Å². The van der Waals surface area contributed by atoms with E-state index in [2.05, 4.69) is 10.4 Å². The van der Waals surface area contributed by atoms with E-state index >= 15 is 0 Å². The third-order valence-electron chi connectivity index (χ3n) is 2.52. The van der Waals surface area contributed by atoms with Gasteiger partial charge in [0.1, 0.15) is 0 Å². The highest BCUT2D eigenvalue weighted by molar-refractivity contribution is 7.94. The summed E-state index contributed by atoms with van der Waals surface area (Å²) in [7, 11) is -2.19. The molecule has 0 aliphatic heterocycles. The molecule has 8 heteroatoms. The summed E-state index contributed by atoms with van der Waals surface area (Å²) in [5, 5.41) is 7.91. The minimum Gasteiger partial charge on any atom is -0.244 e. The fourth-order valence-electron chi connectivity index (χ4n) is 1.51. The van der Waals surface area contributed by atoms with Crippen LogP contribution in [0.1, 0.15) is 5.56 Å². The van der Waals surface area contributed by atoms with Gasteiger partial charge in [-0.25, -0.2) is 13.2 Å². The molecule has 1 aromatic heterocycles. The molecule has 1 heterocycles. The van der Waals surface area contributed by atoms with Crippen molar-refractivity contribution >= 4 is 16.0 Å². The van der Waals surface area contributed by atoms with Crippen molar-refractivity contribution in [3.63, 3.8) is 0 Å². The summed E-state index contributed by atoms with van der Waals surface area (Å²) in [5.41, 5.74) is 0.120. The van der Waals surface area contributed by atoms with Crippen LogP contribution < -0.4 is 5.69 Å². The fourth-order valence-corrected chi connectivity index (χ4v) is 2.72. The van der Waals surface area contributed by atoms with Crippen LogP contribution in [0.4, 0.5) is 0 Å². The largest absolute Gasteiger partial charge is 0.367 e. The molecule has 0 unspecified atom stereocenters. The van der Waals surface area contributed by atoms with Gasteiger partial charge in [-0.1, -0.05) is 18.2 Å². The highest BCUT2D eigenvalue weighted by atomic mass is 32.2. The van der Waals surface area contributed by atoms with Gasteiger partial charge in [0.15, 0.2) is 0 Å². The van der Waals surface area contributed by atoms with Crippen LogP contribution >= 0.6 is 0 Å². The maximum absolute atomic E-state index is 12.1. The van der Waals surface area contributed by atoms with Crippen molar-refractivity contribution in [3.05, 3.63) is 45.7 Å². The summed E-state index contributed by atoms with van der Waals surface area (Å²) < 4.78 is 26.0. The van der Waals surface area contributed by atoms with Crippen molar-refractivity contribution in [3.8, 4) is 0 Å². The molecule has 0 amide bonds. The average Bonchev–Trinajstić information content (AvgIpc) is 2.68. The Balaban J connectivity index is 2.41. The molecule has 0 radical (unpaired) electrons. The monoisotopic (exact) mass is 280 g/mol. The molecule has 0 spiro atoms. The molecule has 1 aromatic carbocycles. The second kappa shape index (κ2) is 4.81. The van der Waals surface area contributed by atoms with Crippen molar-refractivity contribution < 1.29 is 8.42 Å². The first-order valence-corrected chi connectivity index (χ1v) is 6.94. The van der Waals surface area contributed by atoms with Crippen LogP contribution in [0, 0.1) is 6.92 Å². The minimum absolute atomic E-state index is 0.197. The highest BCUT2D eigenvalue weighted by Crippen LogP contribution is 2.16. The molecule has 0 fully saturated rings. The van der Waals surface area contributed by atoms with Gasteiger partial charge in [-0.15, -0.1) is 0 Å². The van der Waals surface area contributed by atoms with Crippen LogP contribution in [-0.2, 0) is 16.9 Å². The zero-order valence-corrected chi connectivity index (χ0v) is 11.2. The van der Waals surface area contributed by atoms with Gasteiger partial charge in [-0.3, -0.25) is 0 Å². The van der Waals surface area contributed by atoms with Gasteiger partial charge in [0.25, 0.3) is 0 Å². The first kappa shape index (κ1) is 13.2. The Labute approximate surface area is 109 Å². The maximum Gasteiger partial charge on any atom is 0.367 e. The molecule has 100 valence electrons. The molecule has 0 saturated carbocycles. The molecule has 19 heavy (non-hydrogen) atoms. The second-order valence-corrected chi connectivity index (χ2v) is 5.73. The zero-order chi connectivity index (χ0) is 14.0. The molecule has 2 rings (SSSR count). The van der Waals surface area contributed by atoms with Gasteiger partial charge in [0, 0.05) is 13.2 Å². The molecule has 2 aromatic rings. The topological polar surface area (TPSA) is 86.8 Å². The Bertz CT molecular complexity index is 786. The Hall–Kier alpha value is -2.22. The Morgan fingerprint density at radius 3 is 2.47 bits per heavy atom. The van der Waals surface area contributed by atoms with Gasteiger partial charge < -0.3 is 0 Å². The van der Waals surface area contributed by atoms with Crippen molar-refractivity contribution in [1.82, 2.24) is 19.8 Å². The normalized spacial score (nSPS) is 12.1. The summed E-state index contributed by atoms with van der Waals surface area (Å²) >= 11 is 0. The quantitative estimate of drug-likeness (QED) is 0.801. The smallest absolute Gasteiger partial charge is 0.244 e. The lowest BCUT2D eigenvalue weighted by Gasteiger charge is -2.02. The van der Waals surface area contributed by atoms with E-state index in [1.54, 1.807) is 25.1 Å². The van der Waals surface area contributed by atoms with E-state index < -0.39 is 15.5 Å². The number of rotatable bonds is 3. The number of tetrazole rings is 1. The van der Waals surface area contributed by atoms with E-state index in [0.717, 1.165) is 21.0 Å². The Morgan fingerprint density at radius 2 is 1.89 bits per heavy atom. The molecule has 0 bridgehead atoms. The Morgan fingerprint density at radius 1 is 1.21 bits per heavy atom. The van der Waals surface area contributed by atoms with Crippen molar-refractivity contribution in [1.29, 1.82) is 0 Å². The number of hydrogen-bond donors (Lipinski definition) is 0. The second-order valence-electron chi connectivity index (χ2n) is 3.93. The van der Waals surface area contributed by atoms with Crippen molar-refractivity contribution in [2.24, 2.45) is 7.05 Å². The van der Waals surface area contributed by atoms with Crippen LogP contribution in [-0.4, -0.2) is 28.2 Å². The van der Waals surface area contributed by atoms with Crippen molar-refractivity contribution in [2.75, 3.05) is 0 Å². The fraction of sp³-hybridized carbons (Fsp3) is 0.182. The summed E-state index contributed by atoms with van der Waals surface area (Å²) in [6, 6.07) is 6.61. The molecule has 0 atom stereocenters. The number of hydrogen-bond acceptors (Lipinski definition) is 5. The van der Waals surface area contributed by atoms with E-state index in [-0.39, 0.29) is 4.90 Å². The molecular weight excluding hydrogens is 268 g/mol. The summed E-state index contributed by atoms with van der Waals surface area (Å²) in [4.78, 5) is 11.6. The maximum atomic E-state index is 12.1. The summed E-state index contributed by atoms with van der Waals surface area (Å²) in [5.74, 6) is 0. The number of sulfone groups is 1. The first-order chi connectivity index (χ1) is 8.92. The summed E-state index contributed by atoms with van der Waals surface area (Å²) in [6.07, 6.45) is 1.08. The number of aryl methyl sites for hydroxylation is 2. The number of aromatic nitrogens is 4. The SMILES string of the molecule is Cc1ccccc1S(=O)(=O)/C=C/n1nnn(C)c1=O. The number of benzene rings is 1. The van der Waals surface area contributed by atoms with E-state index in [0.29, 0.717) is 5.56 Å². The van der Waals surface area contributed by atoms with Crippen LogP contribution in [0.3, 0.4) is 0 Å². The van der Waals surface area contributed by atoms with Crippen LogP contribution in [0.2, 0.25) is 0 Å². The molecule has 0 aliphatic rings. The molecule has 0 saturated heterocycles. The van der Waals surface area contributed by atoms with Crippen LogP contribution in [0.5, 0.6) is 0 Å². The third kappa shape index (κ3) is 2.63. The molecule has 0 N–H and O–H groups in total. The molecule has 0 aliphatic carbocycles. The third-order valence-corrected chi connectivity index (χ3v) is 4.08.